The van der Waals surface area contributed by atoms with Gasteiger partial charge in [0.25, 0.3) is 0 Å². The van der Waals surface area contributed by atoms with Crippen LogP contribution in [0.1, 0.15) is 24.8 Å². The Morgan fingerprint density at radius 2 is 2.25 bits per heavy atom. The molecule has 1 aliphatic heterocycles. The van der Waals surface area contributed by atoms with E-state index in [4.69, 9.17) is 10.5 Å². The van der Waals surface area contributed by atoms with E-state index in [0.717, 1.165) is 38.2 Å². The first-order chi connectivity index (χ1) is 9.22. The molecule has 0 amide bonds. The molecule has 0 radical (unpaired) electrons. The predicted octanol–water partition coefficient (Wildman–Crippen LogP) is 2.82. The van der Waals surface area contributed by atoms with Crippen molar-refractivity contribution < 1.29 is 9.13 Å². The maximum atomic E-state index is 13.6. The zero-order chi connectivity index (χ0) is 13.7. The lowest BCUT2D eigenvalue weighted by atomic mass is 9.94. The number of benzene rings is 1. The van der Waals surface area contributed by atoms with Crippen LogP contribution in [-0.4, -0.2) is 31.6 Å². The van der Waals surface area contributed by atoms with Gasteiger partial charge in [0.05, 0.1) is 7.11 Å². The van der Waals surface area contributed by atoms with Crippen LogP contribution >= 0.6 is 12.4 Å². The Kier molecular flexibility index (Phi) is 7.27. The minimum absolute atomic E-state index is 0. The number of likely N-dealkylation sites (tertiary alicyclic amines) is 1. The summed E-state index contributed by atoms with van der Waals surface area (Å²) in [5, 5.41) is 0. The number of halogens is 2. The summed E-state index contributed by atoms with van der Waals surface area (Å²) >= 11 is 0. The molecule has 1 aliphatic rings. The van der Waals surface area contributed by atoms with Crippen molar-refractivity contribution in [2.45, 2.75) is 25.8 Å². The van der Waals surface area contributed by atoms with Crippen molar-refractivity contribution in [1.29, 1.82) is 0 Å². The van der Waals surface area contributed by atoms with Crippen molar-refractivity contribution in [1.82, 2.24) is 4.90 Å². The molecule has 0 spiro atoms. The monoisotopic (exact) mass is 302 g/mol. The number of nitrogens with zero attached hydrogens (tertiary/aromatic N) is 1. The standard InChI is InChI=1S/C15H23FN2O.ClH/c1-19-15-5-4-13(9-14(15)16)11-18-8-2-3-12(10-18)6-7-17;/h4-5,9,12H,2-3,6-8,10-11,17H2,1H3;1H. The topological polar surface area (TPSA) is 38.5 Å². The lowest BCUT2D eigenvalue weighted by Gasteiger charge is -2.32. The summed E-state index contributed by atoms with van der Waals surface area (Å²) in [6, 6.07) is 5.21. The third kappa shape index (κ3) is 4.62. The number of piperidine rings is 1. The van der Waals surface area contributed by atoms with Gasteiger partial charge >= 0.3 is 0 Å². The molecule has 1 aromatic carbocycles. The second-order valence-corrected chi connectivity index (χ2v) is 5.29. The first-order valence-electron chi connectivity index (χ1n) is 6.97. The average Bonchev–Trinajstić information content (AvgIpc) is 2.40. The molecule has 0 bridgehead atoms. The Morgan fingerprint density at radius 1 is 1.45 bits per heavy atom. The molecule has 3 nitrogen and oxygen atoms in total. The molecule has 0 aliphatic carbocycles. The van der Waals surface area contributed by atoms with Crippen molar-refractivity contribution in [3.05, 3.63) is 29.6 Å². The highest BCUT2D eigenvalue weighted by Crippen LogP contribution is 2.23. The summed E-state index contributed by atoms with van der Waals surface area (Å²) < 4.78 is 18.6. The third-order valence-corrected chi connectivity index (χ3v) is 3.80. The Bertz CT molecular complexity index is 415. The maximum Gasteiger partial charge on any atom is 0.165 e. The van der Waals surface area contributed by atoms with E-state index >= 15 is 0 Å². The molecular weight excluding hydrogens is 279 g/mol. The van der Waals surface area contributed by atoms with Crippen LogP contribution in [0.5, 0.6) is 5.75 Å². The highest BCUT2D eigenvalue weighted by atomic mass is 35.5. The molecule has 0 saturated carbocycles. The SMILES string of the molecule is COc1ccc(CN2CCCC(CCN)C2)cc1F.Cl. The number of rotatable bonds is 5. The largest absolute Gasteiger partial charge is 0.494 e. The van der Waals surface area contributed by atoms with Gasteiger partial charge in [0.1, 0.15) is 0 Å². The molecule has 20 heavy (non-hydrogen) atoms. The molecule has 114 valence electrons. The van der Waals surface area contributed by atoms with Gasteiger partial charge in [-0.2, -0.15) is 0 Å². The van der Waals surface area contributed by atoms with Gasteiger partial charge in [-0.15, -0.1) is 12.4 Å². The van der Waals surface area contributed by atoms with E-state index in [1.807, 2.05) is 6.07 Å². The van der Waals surface area contributed by atoms with E-state index in [2.05, 4.69) is 4.90 Å². The van der Waals surface area contributed by atoms with Crippen LogP contribution in [0.3, 0.4) is 0 Å². The molecule has 2 N–H and O–H groups in total. The highest BCUT2D eigenvalue weighted by Gasteiger charge is 2.19. The van der Waals surface area contributed by atoms with E-state index in [-0.39, 0.29) is 18.2 Å². The van der Waals surface area contributed by atoms with Crippen LogP contribution in [0.4, 0.5) is 4.39 Å². The predicted molar refractivity (Wildman–Crippen MR) is 81.9 cm³/mol. The Hall–Kier alpha value is -0.840. The fraction of sp³-hybridized carbons (Fsp3) is 0.600. The van der Waals surface area contributed by atoms with Crippen molar-refractivity contribution >= 4 is 12.4 Å². The van der Waals surface area contributed by atoms with E-state index in [1.165, 1.54) is 20.0 Å². The van der Waals surface area contributed by atoms with Crippen LogP contribution in [0.15, 0.2) is 18.2 Å². The van der Waals surface area contributed by atoms with Crippen LogP contribution in [0.25, 0.3) is 0 Å². The van der Waals surface area contributed by atoms with Crippen molar-refractivity contribution in [2.24, 2.45) is 11.7 Å². The first kappa shape index (κ1) is 17.2. The third-order valence-electron chi connectivity index (χ3n) is 3.80. The molecule has 0 aromatic heterocycles. The minimum atomic E-state index is -0.282. The summed E-state index contributed by atoms with van der Waals surface area (Å²) in [4.78, 5) is 2.39. The quantitative estimate of drug-likeness (QED) is 0.909. The van der Waals surface area contributed by atoms with Gasteiger partial charge in [0.2, 0.25) is 0 Å². The van der Waals surface area contributed by atoms with Gasteiger partial charge in [-0.1, -0.05) is 6.07 Å². The van der Waals surface area contributed by atoms with Crippen LogP contribution < -0.4 is 10.5 Å². The van der Waals surface area contributed by atoms with Crippen molar-refractivity contribution in [2.75, 3.05) is 26.7 Å². The molecule has 1 fully saturated rings. The zero-order valence-corrected chi connectivity index (χ0v) is 12.8. The summed E-state index contributed by atoms with van der Waals surface area (Å²) in [5.41, 5.74) is 6.63. The van der Waals surface area contributed by atoms with Crippen LogP contribution in [0.2, 0.25) is 0 Å². The first-order valence-corrected chi connectivity index (χ1v) is 6.97. The maximum absolute atomic E-state index is 13.6. The molecule has 1 aromatic rings. The molecule has 1 saturated heterocycles. The van der Waals surface area contributed by atoms with Gasteiger partial charge in [0.15, 0.2) is 11.6 Å². The van der Waals surface area contributed by atoms with Crippen LogP contribution in [0, 0.1) is 11.7 Å². The van der Waals surface area contributed by atoms with Gasteiger partial charge in [-0.3, -0.25) is 4.90 Å². The van der Waals surface area contributed by atoms with Crippen molar-refractivity contribution in [3.8, 4) is 5.75 Å². The van der Waals surface area contributed by atoms with E-state index < -0.39 is 0 Å². The zero-order valence-electron chi connectivity index (χ0n) is 12.0. The molecule has 1 unspecified atom stereocenters. The molecule has 1 atom stereocenters. The number of hydrogen-bond donors (Lipinski definition) is 1. The Labute approximate surface area is 126 Å². The van der Waals surface area contributed by atoms with Crippen LogP contribution in [-0.2, 0) is 6.54 Å². The highest BCUT2D eigenvalue weighted by molar-refractivity contribution is 5.85. The summed E-state index contributed by atoms with van der Waals surface area (Å²) in [6.45, 7) is 3.73. The summed E-state index contributed by atoms with van der Waals surface area (Å²) in [6.07, 6.45) is 3.57. The number of methoxy groups -OCH3 is 1. The molecule has 2 rings (SSSR count). The van der Waals surface area contributed by atoms with Gasteiger partial charge in [0, 0.05) is 13.1 Å². The van der Waals surface area contributed by atoms with Gasteiger partial charge < -0.3 is 10.5 Å². The second kappa shape index (κ2) is 8.45. The average molecular weight is 303 g/mol. The number of ether oxygens (including phenoxy) is 1. The summed E-state index contributed by atoms with van der Waals surface area (Å²) in [7, 11) is 1.49. The van der Waals surface area contributed by atoms with Crippen molar-refractivity contribution in [3.63, 3.8) is 0 Å². The van der Waals surface area contributed by atoms with Gasteiger partial charge in [-0.25, -0.2) is 4.39 Å². The van der Waals surface area contributed by atoms with E-state index in [1.54, 1.807) is 12.1 Å². The minimum Gasteiger partial charge on any atom is -0.494 e. The molecular formula is C15H24ClFN2O. The fourth-order valence-electron chi connectivity index (χ4n) is 2.83. The Morgan fingerprint density at radius 3 is 2.90 bits per heavy atom. The lowest BCUT2D eigenvalue weighted by molar-refractivity contribution is 0.163. The normalized spacial score (nSPS) is 19.4. The molecule has 1 heterocycles. The fourth-order valence-corrected chi connectivity index (χ4v) is 2.83. The Balaban J connectivity index is 0.00000200. The van der Waals surface area contributed by atoms with Gasteiger partial charge in [-0.05, 0) is 56.0 Å². The molecule has 5 heteroatoms. The number of hydrogen-bond acceptors (Lipinski definition) is 3. The van der Waals surface area contributed by atoms with E-state index in [9.17, 15) is 4.39 Å². The summed E-state index contributed by atoms with van der Waals surface area (Å²) in [5.74, 6) is 0.723. The second-order valence-electron chi connectivity index (χ2n) is 5.29. The smallest absolute Gasteiger partial charge is 0.165 e. The van der Waals surface area contributed by atoms with E-state index in [0.29, 0.717) is 11.7 Å². The lowest BCUT2D eigenvalue weighted by Crippen LogP contribution is -2.35. The number of nitrogens with two attached hydrogens (primary N) is 1.